The van der Waals surface area contributed by atoms with Gasteiger partial charge in [0, 0.05) is 18.3 Å². The number of nitrogens with zero attached hydrogens (tertiary/aromatic N) is 2. The molecule has 7 nitrogen and oxygen atoms in total. The van der Waals surface area contributed by atoms with Crippen LogP contribution in [-0.4, -0.2) is 39.4 Å². The lowest BCUT2D eigenvalue weighted by Crippen LogP contribution is -2.41. The molecule has 2 N–H and O–H groups in total. The number of amides is 1. The minimum Gasteiger partial charge on any atom is -0.478 e. The maximum Gasteiger partial charge on any atom is 0.346 e. The fraction of sp³-hybridized carbons (Fsp3) is 0.389. The molecular weight excluding hydrogens is 341 g/mol. The molecule has 0 bridgehead atoms. The van der Waals surface area contributed by atoms with Gasteiger partial charge in [0.25, 0.3) is 0 Å². The van der Waals surface area contributed by atoms with Gasteiger partial charge >= 0.3 is 5.97 Å². The van der Waals surface area contributed by atoms with Gasteiger partial charge in [0.1, 0.15) is 11.6 Å². The van der Waals surface area contributed by atoms with Crippen LogP contribution in [0.4, 0.5) is 4.39 Å². The quantitative estimate of drug-likeness (QED) is 0.784. The molecule has 2 atom stereocenters. The molecule has 0 saturated heterocycles. The largest absolute Gasteiger partial charge is 0.478 e. The molecule has 1 aromatic heterocycles. The van der Waals surface area contributed by atoms with Crippen molar-refractivity contribution < 1.29 is 23.8 Å². The van der Waals surface area contributed by atoms with Crippen molar-refractivity contribution in [3.8, 4) is 5.75 Å². The number of nitrogens with one attached hydrogen (secondary N) is 1. The van der Waals surface area contributed by atoms with E-state index in [1.165, 1.54) is 24.3 Å². The van der Waals surface area contributed by atoms with Crippen molar-refractivity contribution in [1.29, 1.82) is 0 Å². The SMILES string of the molecule is Cc1nn(C)c(C)c1C(C)C(=O)NCC(Oc1ccc(F)cc1)C(=O)O. The van der Waals surface area contributed by atoms with Crippen LogP contribution < -0.4 is 10.1 Å². The third-order valence-corrected chi connectivity index (χ3v) is 4.22. The standard InChI is InChI=1S/C18H22FN3O4/c1-10(16-11(2)21-22(4)12(16)3)17(23)20-9-15(18(24)25)26-14-7-5-13(19)6-8-14/h5-8,10,15H,9H2,1-4H3,(H,20,23)(H,24,25). The Labute approximate surface area is 150 Å². The lowest BCUT2D eigenvalue weighted by atomic mass is 9.98. The summed E-state index contributed by atoms with van der Waals surface area (Å²) in [4.78, 5) is 23.8. The van der Waals surface area contributed by atoms with Gasteiger partial charge in [0.2, 0.25) is 12.0 Å². The van der Waals surface area contributed by atoms with Crippen LogP contribution in [0.2, 0.25) is 0 Å². The summed E-state index contributed by atoms with van der Waals surface area (Å²) in [5, 5.41) is 16.2. The Bertz CT molecular complexity index is 802. The summed E-state index contributed by atoms with van der Waals surface area (Å²) < 4.78 is 19.9. The minimum atomic E-state index is -1.28. The fourth-order valence-corrected chi connectivity index (χ4v) is 2.75. The zero-order valence-electron chi connectivity index (χ0n) is 15.1. The number of rotatable bonds is 7. The molecule has 0 fully saturated rings. The van der Waals surface area contributed by atoms with Crippen molar-refractivity contribution >= 4 is 11.9 Å². The van der Waals surface area contributed by atoms with Crippen molar-refractivity contribution in [3.63, 3.8) is 0 Å². The highest BCUT2D eigenvalue weighted by Gasteiger charge is 2.25. The molecular formula is C18H22FN3O4. The Morgan fingerprint density at radius 3 is 2.42 bits per heavy atom. The first-order valence-corrected chi connectivity index (χ1v) is 8.13. The summed E-state index contributed by atoms with van der Waals surface area (Å²) in [7, 11) is 1.80. The van der Waals surface area contributed by atoms with E-state index in [0.29, 0.717) is 0 Å². The Balaban J connectivity index is 2.02. The summed E-state index contributed by atoms with van der Waals surface area (Å²) in [6, 6.07) is 5.00. The molecule has 2 unspecified atom stereocenters. The molecule has 0 aliphatic heterocycles. The van der Waals surface area contributed by atoms with Crippen LogP contribution in [0.3, 0.4) is 0 Å². The van der Waals surface area contributed by atoms with Crippen LogP contribution in [0, 0.1) is 19.7 Å². The summed E-state index contributed by atoms with van der Waals surface area (Å²) >= 11 is 0. The van der Waals surface area contributed by atoms with E-state index in [1.807, 2.05) is 13.8 Å². The zero-order chi connectivity index (χ0) is 19.4. The maximum absolute atomic E-state index is 12.9. The molecule has 0 aliphatic carbocycles. The topological polar surface area (TPSA) is 93.5 Å². The zero-order valence-corrected chi connectivity index (χ0v) is 15.1. The van der Waals surface area contributed by atoms with E-state index in [2.05, 4.69) is 10.4 Å². The number of aryl methyl sites for hydroxylation is 2. The van der Waals surface area contributed by atoms with Crippen molar-refractivity contribution in [2.24, 2.45) is 7.05 Å². The number of ether oxygens (including phenoxy) is 1. The molecule has 0 saturated carbocycles. The highest BCUT2D eigenvalue weighted by atomic mass is 19.1. The third kappa shape index (κ3) is 4.38. The summed E-state index contributed by atoms with van der Waals surface area (Å²) in [6.07, 6.45) is -1.28. The number of carbonyl (C=O) groups excluding carboxylic acids is 1. The number of carboxylic acid groups (broad SMARTS) is 1. The van der Waals surface area contributed by atoms with Gasteiger partial charge in [-0.2, -0.15) is 5.10 Å². The molecule has 1 heterocycles. The van der Waals surface area contributed by atoms with Gasteiger partial charge in [-0.1, -0.05) is 0 Å². The van der Waals surface area contributed by atoms with E-state index in [0.717, 1.165) is 17.0 Å². The summed E-state index contributed by atoms with van der Waals surface area (Å²) in [6.45, 7) is 5.22. The first-order valence-electron chi connectivity index (χ1n) is 8.13. The van der Waals surface area contributed by atoms with Gasteiger partial charge in [-0.25, -0.2) is 9.18 Å². The number of benzene rings is 1. The van der Waals surface area contributed by atoms with Gasteiger partial charge in [-0.15, -0.1) is 0 Å². The van der Waals surface area contributed by atoms with E-state index < -0.39 is 23.8 Å². The number of carbonyl (C=O) groups is 2. The molecule has 2 rings (SSSR count). The lowest BCUT2D eigenvalue weighted by molar-refractivity contribution is -0.145. The monoisotopic (exact) mass is 363 g/mol. The normalized spacial score (nSPS) is 13.1. The fourth-order valence-electron chi connectivity index (χ4n) is 2.75. The number of halogens is 1. The van der Waals surface area contributed by atoms with Crippen LogP contribution >= 0.6 is 0 Å². The van der Waals surface area contributed by atoms with Gasteiger partial charge < -0.3 is 15.2 Å². The highest BCUT2D eigenvalue weighted by molar-refractivity contribution is 5.84. The Morgan fingerprint density at radius 1 is 1.31 bits per heavy atom. The first kappa shape index (κ1) is 19.4. The second-order valence-electron chi connectivity index (χ2n) is 6.07. The van der Waals surface area contributed by atoms with Crippen molar-refractivity contribution in [3.05, 3.63) is 47.0 Å². The Morgan fingerprint density at radius 2 is 1.92 bits per heavy atom. The first-order chi connectivity index (χ1) is 12.2. The van der Waals surface area contributed by atoms with Crippen LogP contribution in [0.5, 0.6) is 5.75 Å². The van der Waals surface area contributed by atoms with Crippen molar-refractivity contribution in [2.45, 2.75) is 32.8 Å². The van der Waals surface area contributed by atoms with Crippen molar-refractivity contribution in [2.75, 3.05) is 6.54 Å². The van der Waals surface area contributed by atoms with E-state index in [9.17, 15) is 19.1 Å². The number of carboxylic acids is 1. The predicted molar refractivity (Wildman–Crippen MR) is 92.6 cm³/mol. The van der Waals surface area contributed by atoms with E-state index in [-0.39, 0.29) is 18.2 Å². The average molecular weight is 363 g/mol. The second-order valence-corrected chi connectivity index (χ2v) is 6.07. The van der Waals surface area contributed by atoms with E-state index in [4.69, 9.17) is 4.74 Å². The maximum atomic E-state index is 12.9. The Kier molecular flexibility index (Phi) is 5.97. The molecule has 0 spiro atoms. The van der Waals surface area contributed by atoms with Gasteiger partial charge in [0.05, 0.1) is 18.2 Å². The van der Waals surface area contributed by atoms with Gasteiger partial charge in [-0.3, -0.25) is 9.48 Å². The summed E-state index contributed by atoms with van der Waals surface area (Å²) in [5.74, 6) is -2.27. The summed E-state index contributed by atoms with van der Waals surface area (Å²) in [5.41, 5.74) is 2.45. The second kappa shape index (κ2) is 7.99. The van der Waals surface area contributed by atoms with Gasteiger partial charge in [-0.05, 0) is 45.0 Å². The van der Waals surface area contributed by atoms with Crippen LogP contribution in [0.15, 0.2) is 24.3 Å². The molecule has 140 valence electrons. The molecule has 26 heavy (non-hydrogen) atoms. The van der Waals surface area contributed by atoms with Gasteiger partial charge in [0.15, 0.2) is 0 Å². The molecule has 1 aromatic carbocycles. The van der Waals surface area contributed by atoms with Crippen molar-refractivity contribution in [1.82, 2.24) is 15.1 Å². The molecule has 1 amide bonds. The van der Waals surface area contributed by atoms with E-state index in [1.54, 1.807) is 18.7 Å². The van der Waals surface area contributed by atoms with Crippen LogP contribution in [0.1, 0.15) is 29.8 Å². The van der Waals surface area contributed by atoms with Crippen LogP contribution in [0.25, 0.3) is 0 Å². The third-order valence-electron chi connectivity index (χ3n) is 4.22. The predicted octanol–water partition coefficient (Wildman–Crippen LogP) is 1.93. The minimum absolute atomic E-state index is 0.208. The smallest absolute Gasteiger partial charge is 0.346 e. The Hall–Kier alpha value is -2.90. The van der Waals surface area contributed by atoms with E-state index >= 15 is 0 Å². The molecule has 8 heteroatoms. The number of aliphatic carboxylic acids is 1. The average Bonchev–Trinajstić information content (AvgIpc) is 2.84. The molecule has 0 radical (unpaired) electrons. The molecule has 0 aliphatic rings. The number of aromatic nitrogens is 2. The molecule has 2 aromatic rings. The number of hydrogen-bond acceptors (Lipinski definition) is 4. The highest BCUT2D eigenvalue weighted by Crippen LogP contribution is 2.23. The lowest BCUT2D eigenvalue weighted by Gasteiger charge is -2.18. The van der Waals surface area contributed by atoms with Crippen LogP contribution in [-0.2, 0) is 16.6 Å². The number of hydrogen-bond donors (Lipinski definition) is 2.